The molecule has 0 saturated heterocycles. The molecule has 1 aliphatic heterocycles. The Morgan fingerprint density at radius 2 is 1.05 bits per heavy atom. The lowest BCUT2D eigenvalue weighted by atomic mass is 9.90. The first-order valence-electron chi connectivity index (χ1n) is 14.4. The fraction of sp³-hybridized carbons (Fsp3) is 0.333. The molecule has 0 saturated carbocycles. The number of rotatable bonds is 9. The van der Waals surface area contributed by atoms with Crippen molar-refractivity contribution in [1.82, 2.24) is 0 Å². The van der Waals surface area contributed by atoms with Gasteiger partial charge < -0.3 is 33.2 Å². The summed E-state index contributed by atoms with van der Waals surface area (Å²) in [5.41, 5.74) is 5.30. The van der Waals surface area contributed by atoms with E-state index in [1.54, 1.807) is 42.7 Å². The van der Waals surface area contributed by atoms with Crippen LogP contribution in [0.5, 0.6) is 40.2 Å². The number of ether oxygens (including phenoxy) is 7. The number of hydrogen-bond donors (Lipinski definition) is 0. The van der Waals surface area contributed by atoms with Gasteiger partial charge in [0.25, 0.3) is 0 Å². The van der Waals surface area contributed by atoms with Crippen LogP contribution in [-0.4, -0.2) is 53.7 Å². The van der Waals surface area contributed by atoms with Gasteiger partial charge in [0.15, 0.2) is 0 Å². The molecule has 2 atom stereocenters. The van der Waals surface area contributed by atoms with Gasteiger partial charge in [-0.1, -0.05) is 32.9 Å². The second-order valence-electron chi connectivity index (χ2n) is 11.5. The maximum absolute atomic E-state index is 6.49. The minimum Gasteiger partial charge on any atom is -0.497 e. The highest BCUT2D eigenvalue weighted by Crippen LogP contribution is 2.61. The maximum Gasteiger partial charge on any atom is 0.138 e. The van der Waals surface area contributed by atoms with Crippen LogP contribution >= 0.6 is 7.92 Å². The Kier molecular flexibility index (Phi) is 8.90. The monoisotopic (exact) mass is 616 g/mol. The molecule has 0 N–H and O–H groups in total. The van der Waals surface area contributed by atoms with Gasteiger partial charge in [-0.05, 0) is 67.5 Å². The van der Waals surface area contributed by atoms with Crippen LogP contribution in [0.1, 0.15) is 27.7 Å². The fourth-order valence-corrected chi connectivity index (χ4v) is 9.19. The molecule has 5 rings (SSSR count). The predicted octanol–water partition coefficient (Wildman–Crippen LogP) is 8.38. The van der Waals surface area contributed by atoms with E-state index in [-0.39, 0.29) is 11.0 Å². The molecule has 232 valence electrons. The lowest BCUT2D eigenvalue weighted by molar-refractivity contribution is 0.313. The van der Waals surface area contributed by atoms with Crippen LogP contribution in [0.15, 0.2) is 60.7 Å². The molecule has 4 aromatic rings. The molecule has 4 aromatic carbocycles. The number of benzene rings is 4. The summed E-state index contributed by atoms with van der Waals surface area (Å²) in [5.74, 6) is 4.99. The molecule has 7 nitrogen and oxygen atoms in total. The first kappa shape index (κ1) is 31.3. The summed E-state index contributed by atoms with van der Waals surface area (Å²) >= 11 is 0. The van der Waals surface area contributed by atoms with Gasteiger partial charge in [-0.3, -0.25) is 0 Å². The molecule has 8 heteroatoms. The van der Waals surface area contributed by atoms with Gasteiger partial charge in [-0.25, -0.2) is 0 Å². The quantitative estimate of drug-likeness (QED) is 0.175. The standard InChI is InChI=1S/C36H41O7P/c1-21-43-31-13-11-12-28(35(31)44(21)36(2,3)4)32-33(41-9)29(22-14-24(37-5)18-25(15-22)38-6)20-30(34(32)42-10)23-16-26(39-7)19-27(17-23)40-8/h11-21H,1-10H3/t21-,44-/m0/s1. The molecule has 44 heavy (non-hydrogen) atoms. The Morgan fingerprint density at radius 1 is 0.591 bits per heavy atom. The lowest BCUT2D eigenvalue weighted by Crippen LogP contribution is -2.23. The van der Waals surface area contributed by atoms with E-state index < -0.39 is 7.92 Å². The molecule has 1 heterocycles. The van der Waals surface area contributed by atoms with Crippen molar-refractivity contribution in [2.45, 2.75) is 38.7 Å². The van der Waals surface area contributed by atoms with E-state index in [0.717, 1.165) is 39.1 Å². The molecule has 0 bridgehead atoms. The van der Waals surface area contributed by atoms with Gasteiger partial charge >= 0.3 is 0 Å². The average Bonchev–Trinajstić information content (AvgIpc) is 3.39. The summed E-state index contributed by atoms with van der Waals surface area (Å²) < 4.78 is 41.8. The Morgan fingerprint density at radius 3 is 1.43 bits per heavy atom. The zero-order valence-corrected chi connectivity index (χ0v) is 28.1. The Balaban J connectivity index is 1.95. The van der Waals surface area contributed by atoms with Gasteiger partial charge in [-0.2, -0.15) is 0 Å². The van der Waals surface area contributed by atoms with Crippen molar-refractivity contribution >= 4 is 13.2 Å². The molecular weight excluding hydrogens is 575 g/mol. The second-order valence-corrected chi connectivity index (χ2v) is 14.8. The van der Waals surface area contributed by atoms with Crippen molar-refractivity contribution in [2.24, 2.45) is 0 Å². The van der Waals surface area contributed by atoms with Gasteiger partial charge in [0, 0.05) is 34.1 Å². The van der Waals surface area contributed by atoms with Crippen LogP contribution in [-0.2, 0) is 0 Å². The summed E-state index contributed by atoms with van der Waals surface area (Å²) in [5, 5.41) is 1.20. The normalized spacial score (nSPS) is 15.7. The van der Waals surface area contributed by atoms with E-state index in [1.165, 1.54) is 5.30 Å². The fourth-order valence-electron chi connectivity index (χ4n) is 6.04. The van der Waals surface area contributed by atoms with Gasteiger partial charge in [-0.15, -0.1) is 0 Å². The molecule has 0 aliphatic carbocycles. The molecule has 0 unspecified atom stereocenters. The van der Waals surface area contributed by atoms with E-state index >= 15 is 0 Å². The van der Waals surface area contributed by atoms with Crippen molar-refractivity contribution in [1.29, 1.82) is 0 Å². The number of methoxy groups -OCH3 is 6. The van der Waals surface area contributed by atoms with Gasteiger partial charge in [0.1, 0.15) is 46.1 Å². The summed E-state index contributed by atoms with van der Waals surface area (Å²) in [7, 11) is 9.26. The Hall–Kier alpha value is -4.09. The van der Waals surface area contributed by atoms with E-state index in [4.69, 9.17) is 33.2 Å². The molecule has 0 aromatic heterocycles. The van der Waals surface area contributed by atoms with E-state index in [9.17, 15) is 0 Å². The van der Waals surface area contributed by atoms with Crippen molar-refractivity contribution in [3.8, 4) is 73.6 Å². The Labute approximate surface area is 261 Å². The first-order valence-corrected chi connectivity index (χ1v) is 15.8. The maximum atomic E-state index is 6.49. The van der Waals surface area contributed by atoms with Crippen LogP contribution in [0.4, 0.5) is 0 Å². The van der Waals surface area contributed by atoms with Crippen LogP contribution in [0.2, 0.25) is 0 Å². The SMILES string of the molecule is COc1cc(OC)cc(-c2cc(-c3cc(OC)cc(OC)c3)c(OC)c(-c3cccc4c3[P@@](C(C)(C)C)[C@@H](C)O4)c2OC)c1. The molecule has 1 aliphatic rings. The average molecular weight is 617 g/mol. The number of hydrogen-bond acceptors (Lipinski definition) is 7. The molecule has 0 fully saturated rings. The largest absolute Gasteiger partial charge is 0.497 e. The molecule has 0 radical (unpaired) electrons. The summed E-state index contributed by atoms with van der Waals surface area (Å²) in [6, 6.07) is 20.0. The smallest absolute Gasteiger partial charge is 0.138 e. The third-order valence-corrected chi connectivity index (χ3v) is 11.1. The van der Waals surface area contributed by atoms with Gasteiger partial charge in [0.2, 0.25) is 0 Å². The zero-order chi connectivity index (χ0) is 31.8. The van der Waals surface area contributed by atoms with Crippen LogP contribution in [0, 0.1) is 0 Å². The summed E-state index contributed by atoms with van der Waals surface area (Å²) in [6.45, 7) is 9.02. The first-order chi connectivity index (χ1) is 21.1. The highest BCUT2D eigenvalue weighted by atomic mass is 31.1. The van der Waals surface area contributed by atoms with Crippen molar-refractivity contribution in [2.75, 3.05) is 42.7 Å². The molecule has 0 spiro atoms. The molecular formula is C36H41O7P. The minimum atomic E-state index is -0.715. The topological polar surface area (TPSA) is 64.6 Å². The summed E-state index contributed by atoms with van der Waals surface area (Å²) in [6.07, 6.45) is 0. The van der Waals surface area contributed by atoms with Crippen molar-refractivity contribution in [3.05, 3.63) is 60.7 Å². The van der Waals surface area contributed by atoms with Gasteiger partial charge in [0.05, 0.1) is 48.2 Å². The van der Waals surface area contributed by atoms with E-state index in [1.807, 2.05) is 42.5 Å². The minimum absolute atomic E-state index is 0.00264. The van der Waals surface area contributed by atoms with E-state index in [0.29, 0.717) is 34.5 Å². The highest BCUT2D eigenvalue weighted by molar-refractivity contribution is 7.68. The van der Waals surface area contributed by atoms with Crippen LogP contribution in [0.25, 0.3) is 33.4 Å². The zero-order valence-electron chi connectivity index (χ0n) is 27.2. The van der Waals surface area contributed by atoms with Crippen molar-refractivity contribution < 1.29 is 33.2 Å². The molecule has 0 amide bonds. The van der Waals surface area contributed by atoms with Crippen LogP contribution in [0.3, 0.4) is 0 Å². The number of fused-ring (bicyclic) bond motifs is 1. The van der Waals surface area contributed by atoms with Crippen LogP contribution < -0.4 is 38.5 Å². The van der Waals surface area contributed by atoms with E-state index in [2.05, 4.69) is 45.9 Å². The third-order valence-electron chi connectivity index (χ3n) is 7.86. The van der Waals surface area contributed by atoms with Crippen molar-refractivity contribution in [3.63, 3.8) is 0 Å². The highest BCUT2D eigenvalue weighted by Gasteiger charge is 2.42. The predicted molar refractivity (Wildman–Crippen MR) is 178 cm³/mol. The second kappa shape index (κ2) is 12.5. The summed E-state index contributed by atoms with van der Waals surface area (Å²) in [4.78, 5) is 0. The lowest BCUT2D eigenvalue weighted by Gasteiger charge is -2.31. The third kappa shape index (κ3) is 5.61. The Bertz CT molecular complexity index is 1550.